The highest BCUT2D eigenvalue weighted by atomic mass is 32.2. The summed E-state index contributed by atoms with van der Waals surface area (Å²) in [6.45, 7) is 0. The molecule has 6 heteroatoms. The molecule has 2 saturated carbocycles. The van der Waals surface area contributed by atoms with Crippen LogP contribution >= 0.6 is 11.8 Å². The minimum Gasteiger partial charge on any atom is -0.384 e. The lowest BCUT2D eigenvalue weighted by Crippen LogP contribution is -2.54. The molecule has 0 radical (unpaired) electrons. The van der Waals surface area contributed by atoms with Crippen molar-refractivity contribution in [1.29, 1.82) is 10.5 Å². The van der Waals surface area contributed by atoms with Gasteiger partial charge in [-0.1, -0.05) is 37.4 Å². The Morgan fingerprint density at radius 3 is 2.38 bits per heavy atom. The number of fused-ring (bicyclic) bond motifs is 3. The monoisotopic (exact) mass is 342 g/mol. The molecular formula is C18H22N4OS. The molecule has 0 aromatic rings. The van der Waals surface area contributed by atoms with Gasteiger partial charge in [0.15, 0.2) is 5.72 Å². The Labute approximate surface area is 146 Å². The van der Waals surface area contributed by atoms with Gasteiger partial charge in [0, 0.05) is 5.41 Å². The summed E-state index contributed by atoms with van der Waals surface area (Å²) in [5.74, 6) is 0.382. The Kier molecular flexibility index (Phi) is 3.60. The third-order valence-corrected chi connectivity index (χ3v) is 7.73. The predicted octanol–water partition coefficient (Wildman–Crippen LogP) is 3.06. The Hall–Kier alpha value is -1.63. The fourth-order valence-corrected chi connectivity index (χ4v) is 6.72. The highest BCUT2D eigenvalue weighted by Crippen LogP contribution is 2.61. The highest BCUT2D eigenvalue weighted by Gasteiger charge is 2.59. The molecule has 1 spiro atoms. The van der Waals surface area contributed by atoms with Crippen LogP contribution in [-0.2, 0) is 0 Å². The molecule has 0 aromatic carbocycles. The van der Waals surface area contributed by atoms with Crippen molar-refractivity contribution in [3.05, 3.63) is 22.0 Å². The normalized spacial score (nSPS) is 34.6. The van der Waals surface area contributed by atoms with Gasteiger partial charge in [0.2, 0.25) is 0 Å². The predicted molar refractivity (Wildman–Crippen MR) is 91.6 cm³/mol. The van der Waals surface area contributed by atoms with Crippen LogP contribution in [0, 0.1) is 28.1 Å². The maximum absolute atomic E-state index is 11.3. The highest BCUT2D eigenvalue weighted by molar-refractivity contribution is 8.04. The summed E-state index contributed by atoms with van der Waals surface area (Å²) in [5.41, 5.74) is 6.04. The van der Waals surface area contributed by atoms with E-state index in [2.05, 4.69) is 12.1 Å². The van der Waals surface area contributed by atoms with E-state index in [9.17, 15) is 15.6 Å². The van der Waals surface area contributed by atoms with Gasteiger partial charge in [-0.3, -0.25) is 4.90 Å². The minimum absolute atomic E-state index is 0.0295. The molecule has 1 saturated heterocycles. The first kappa shape index (κ1) is 15.9. The van der Waals surface area contributed by atoms with E-state index in [1.807, 2.05) is 0 Å². The van der Waals surface area contributed by atoms with Crippen molar-refractivity contribution < 1.29 is 5.11 Å². The SMILES string of the molecule is N#CC1=C(N)N2C(=C(C#N)C13CCCCC3)S[C@H]1CCCC[C@]12O. The molecule has 2 atom stereocenters. The van der Waals surface area contributed by atoms with Gasteiger partial charge in [-0.25, -0.2) is 0 Å². The van der Waals surface area contributed by atoms with Crippen LogP contribution in [0.15, 0.2) is 22.0 Å². The summed E-state index contributed by atoms with van der Waals surface area (Å²) in [4.78, 5) is 1.73. The first-order valence-electron chi connectivity index (χ1n) is 8.83. The molecule has 3 N–H and O–H groups in total. The summed E-state index contributed by atoms with van der Waals surface area (Å²) in [5, 5.41) is 32.0. The molecular weight excluding hydrogens is 320 g/mol. The Balaban J connectivity index is 1.94. The number of rotatable bonds is 0. The van der Waals surface area contributed by atoms with Crippen LogP contribution in [0.4, 0.5) is 0 Å². The Bertz CT molecular complexity index is 722. The number of allylic oxidation sites excluding steroid dienone is 2. The second-order valence-corrected chi connectivity index (χ2v) is 8.56. The quantitative estimate of drug-likeness (QED) is 0.702. The number of nitrogens with zero attached hydrogens (tertiary/aromatic N) is 3. The van der Waals surface area contributed by atoms with Gasteiger partial charge >= 0.3 is 0 Å². The van der Waals surface area contributed by atoms with Gasteiger partial charge in [-0.05, 0) is 32.1 Å². The number of aliphatic hydroxyl groups is 1. The second-order valence-electron chi connectivity index (χ2n) is 7.37. The fraction of sp³-hybridized carbons (Fsp3) is 0.667. The van der Waals surface area contributed by atoms with Crippen molar-refractivity contribution in [3.8, 4) is 12.1 Å². The smallest absolute Gasteiger partial charge is 0.156 e. The van der Waals surface area contributed by atoms with E-state index in [-0.39, 0.29) is 5.25 Å². The van der Waals surface area contributed by atoms with Gasteiger partial charge in [-0.15, -0.1) is 0 Å². The fourth-order valence-electron chi connectivity index (χ4n) is 5.03. The van der Waals surface area contributed by atoms with Crippen LogP contribution in [0.5, 0.6) is 0 Å². The molecule has 2 heterocycles. The maximum Gasteiger partial charge on any atom is 0.156 e. The number of hydrogen-bond acceptors (Lipinski definition) is 6. The van der Waals surface area contributed by atoms with Crippen LogP contribution in [-0.4, -0.2) is 21.0 Å². The molecule has 0 amide bonds. The van der Waals surface area contributed by atoms with Crippen LogP contribution in [0.25, 0.3) is 0 Å². The average molecular weight is 342 g/mol. The van der Waals surface area contributed by atoms with Crippen molar-refractivity contribution in [2.24, 2.45) is 11.1 Å². The lowest BCUT2D eigenvalue weighted by molar-refractivity contribution is -0.0841. The van der Waals surface area contributed by atoms with Crippen molar-refractivity contribution >= 4 is 11.8 Å². The van der Waals surface area contributed by atoms with Gasteiger partial charge in [0.25, 0.3) is 0 Å². The van der Waals surface area contributed by atoms with E-state index in [0.717, 1.165) is 56.4 Å². The lowest BCUT2D eigenvalue weighted by atomic mass is 9.64. The van der Waals surface area contributed by atoms with Crippen molar-refractivity contribution in [3.63, 3.8) is 0 Å². The van der Waals surface area contributed by atoms with E-state index in [1.165, 1.54) is 0 Å². The first-order valence-corrected chi connectivity index (χ1v) is 9.71. The molecule has 24 heavy (non-hydrogen) atoms. The molecule has 2 aliphatic heterocycles. The van der Waals surface area contributed by atoms with Crippen LogP contribution in [0.2, 0.25) is 0 Å². The van der Waals surface area contributed by atoms with Crippen LogP contribution in [0.1, 0.15) is 57.8 Å². The van der Waals surface area contributed by atoms with E-state index in [0.29, 0.717) is 23.4 Å². The Morgan fingerprint density at radius 2 is 1.71 bits per heavy atom. The van der Waals surface area contributed by atoms with Crippen molar-refractivity contribution in [1.82, 2.24) is 4.90 Å². The molecule has 4 rings (SSSR count). The van der Waals surface area contributed by atoms with E-state index >= 15 is 0 Å². The zero-order chi connectivity index (χ0) is 16.9. The van der Waals surface area contributed by atoms with Crippen molar-refractivity contribution in [2.75, 3.05) is 0 Å². The molecule has 3 fully saturated rings. The molecule has 126 valence electrons. The number of hydrogen-bond donors (Lipinski definition) is 2. The largest absolute Gasteiger partial charge is 0.384 e. The first-order chi connectivity index (χ1) is 11.6. The molecule has 4 aliphatic rings. The third kappa shape index (κ3) is 1.84. The summed E-state index contributed by atoms with van der Waals surface area (Å²) in [6, 6.07) is 4.72. The van der Waals surface area contributed by atoms with Crippen LogP contribution in [0.3, 0.4) is 0 Å². The van der Waals surface area contributed by atoms with Crippen molar-refractivity contribution in [2.45, 2.75) is 68.8 Å². The topological polar surface area (TPSA) is 97.1 Å². The number of thioether (sulfide) groups is 1. The summed E-state index contributed by atoms with van der Waals surface area (Å²) < 4.78 is 0. The third-order valence-electron chi connectivity index (χ3n) is 6.22. The van der Waals surface area contributed by atoms with Gasteiger partial charge in [0.1, 0.15) is 5.82 Å². The van der Waals surface area contributed by atoms with E-state index < -0.39 is 11.1 Å². The second kappa shape index (κ2) is 5.44. The maximum atomic E-state index is 11.3. The van der Waals surface area contributed by atoms with E-state index in [4.69, 9.17) is 5.73 Å². The number of nitriles is 2. The standard InChI is InChI=1S/C18H22N4OS/c19-10-12-15(21)22-16(24-14-6-2-5-9-18(14,22)23)13(11-20)17(12)7-3-1-4-8-17/h14,23H,1-9,21H2/t14-,18-/m0/s1. The molecule has 0 aromatic heterocycles. The Morgan fingerprint density at radius 1 is 1.04 bits per heavy atom. The molecule has 0 unspecified atom stereocenters. The summed E-state index contributed by atoms with van der Waals surface area (Å²) >= 11 is 1.60. The number of nitrogens with two attached hydrogens (primary N) is 1. The van der Waals surface area contributed by atoms with Gasteiger partial charge in [0.05, 0.1) is 33.6 Å². The van der Waals surface area contributed by atoms with E-state index in [1.54, 1.807) is 16.7 Å². The molecule has 0 bridgehead atoms. The van der Waals surface area contributed by atoms with Gasteiger partial charge in [-0.2, -0.15) is 10.5 Å². The summed E-state index contributed by atoms with van der Waals surface area (Å²) in [6.07, 6.45) is 8.35. The average Bonchev–Trinajstić information content (AvgIpc) is 2.89. The lowest BCUT2D eigenvalue weighted by Gasteiger charge is -2.47. The summed E-state index contributed by atoms with van der Waals surface area (Å²) in [7, 11) is 0. The van der Waals surface area contributed by atoms with Crippen LogP contribution < -0.4 is 5.73 Å². The minimum atomic E-state index is -1.05. The zero-order valence-electron chi connectivity index (χ0n) is 13.7. The zero-order valence-corrected chi connectivity index (χ0v) is 14.5. The molecule has 2 aliphatic carbocycles. The van der Waals surface area contributed by atoms with Gasteiger partial charge < -0.3 is 10.8 Å². The molecule has 5 nitrogen and oxygen atoms in total.